The molecule has 31 heavy (non-hydrogen) atoms. The molecule has 0 aromatic heterocycles. The van der Waals surface area contributed by atoms with Crippen LogP contribution < -0.4 is 20.5 Å². The van der Waals surface area contributed by atoms with Gasteiger partial charge in [-0.2, -0.15) is 0 Å². The average Bonchev–Trinajstić information content (AvgIpc) is 2.73. The lowest BCUT2D eigenvalue weighted by Gasteiger charge is -2.29. The Kier molecular flexibility index (Phi) is 7.42. The number of methoxy groups -OCH3 is 1. The number of nitrogens with two attached hydrogens (primary N) is 1. The van der Waals surface area contributed by atoms with Gasteiger partial charge in [0.1, 0.15) is 16.7 Å². The van der Waals surface area contributed by atoms with Gasteiger partial charge >= 0.3 is 0 Å². The van der Waals surface area contributed by atoms with Gasteiger partial charge in [-0.15, -0.1) is 0 Å². The van der Waals surface area contributed by atoms with E-state index in [4.69, 9.17) is 22.1 Å². The van der Waals surface area contributed by atoms with E-state index in [1.807, 2.05) is 7.05 Å². The van der Waals surface area contributed by atoms with Crippen molar-refractivity contribution in [2.45, 2.75) is 29.8 Å². The van der Waals surface area contributed by atoms with Gasteiger partial charge in [0.05, 0.1) is 12.8 Å². The monoisotopic (exact) mass is 466 g/mol. The number of para-hydroxylation sites is 1. The molecule has 1 aliphatic rings. The molecule has 1 fully saturated rings. The molecule has 0 radical (unpaired) electrons. The van der Waals surface area contributed by atoms with Crippen LogP contribution in [0.25, 0.3) is 0 Å². The minimum atomic E-state index is -3.83. The Morgan fingerprint density at radius 1 is 1.23 bits per heavy atom. The van der Waals surface area contributed by atoms with E-state index in [1.54, 1.807) is 36.4 Å². The first kappa shape index (κ1) is 23.3. The first-order valence-electron chi connectivity index (χ1n) is 9.90. The number of primary amides is 1. The van der Waals surface area contributed by atoms with Crippen LogP contribution in [0, 0.1) is 0 Å². The quantitative estimate of drug-likeness (QED) is 0.550. The second-order valence-corrected chi connectivity index (χ2v) is 9.68. The fraction of sp³-hybridized carbons (Fsp3) is 0.381. The predicted molar refractivity (Wildman–Crippen MR) is 121 cm³/mol. The number of ether oxygens (including phenoxy) is 1. The Bertz CT molecular complexity index is 1040. The van der Waals surface area contributed by atoms with Crippen molar-refractivity contribution in [1.29, 1.82) is 0 Å². The maximum absolute atomic E-state index is 13.1. The molecule has 1 atom stereocenters. The highest BCUT2D eigenvalue weighted by molar-refractivity contribution is 7.89. The van der Waals surface area contributed by atoms with Crippen LogP contribution in [0.15, 0.2) is 47.4 Å². The largest absolute Gasteiger partial charge is 0.496 e. The number of carbonyl (C=O) groups is 1. The second-order valence-electron chi connectivity index (χ2n) is 7.56. The van der Waals surface area contributed by atoms with E-state index in [1.165, 1.54) is 13.2 Å². The van der Waals surface area contributed by atoms with E-state index in [2.05, 4.69) is 14.9 Å². The van der Waals surface area contributed by atoms with Crippen LogP contribution in [0.3, 0.4) is 0 Å². The standard InChI is InChI=1S/C21H27ClN4O4S/c1-26-11-9-15(10-12-26)25-31(28,29)19-6-4-3-5-17(19)24-20(21(23)27)16-13-14(22)7-8-18(16)30-2/h3-8,13,15,20,24-25H,9-12H2,1-2H3,(H2,23,27). The van der Waals surface area contributed by atoms with Gasteiger partial charge in [-0.25, -0.2) is 13.1 Å². The number of hydrogen-bond acceptors (Lipinski definition) is 6. The molecule has 1 heterocycles. The highest BCUT2D eigenvalue weighted by Gasteiger charge is 2.28. The number of rotatable bonds is 8. The zero-order valence-corrected chi connectivity index (χ0v) is 19.0. The predicted octanol–water partition coefficient (Wildman–Crippen LogP) is 2.36. The molecular weight excluding hydrogens is 440 g/mol. The number of amides is 1. The van der Waals surface area contributed by atoms with Crippen molar-refractivity contribution in [3.05, 3.63) is 53.1 Å². The van der Waals surface area contributed by atoms with E-state index in [0.717, 1.165) is 25.9 Å². The summed E-state index contributed by atoms with van der Waals surface area (Å²) in [5, 5.41) is 3.37. The van der Waals surface area contributed by atoms with Crippen molar-refractivity contribution >= 4 is 33.2 Å². The summed E-state index contributed by atoms with van der Waals surface area (Å²) in [5.74, 6) is -0.290. The summed E-state index contributed by atoms with van der Waals surface area (Å²) in [6.07, 6.45) is 1.46. The van der Waals surface area contributed by atoms with E-state index in [-0.39, 0.29) is 16.6 Å². The third kappa shape index (κ3) is 5.68. The van der Waals surface area contributed by atoms with Gasteiger partial charge in [0.25, 0.3) is 0 Å². The van der Waals surface area contributed by atoms with Crippen LogP contribution >= 0.6 is 11.6 Å². The molecule has 168 valence electrons. The van der Waals surface area contributed by atoms with Crippen molar-refractivity contribution in [2.24, 2.45) is 5.73 Å². The lowest BCUT2D eigenvalue weighted by molar-refractivity contribution is -0.118. The lowest BCUT2D eigenvalue weighted by atomic mass is 10.0. The number of hydrogen-bond donors (Lipinski definition) is 3. The molecule has 10 heteroatoms. The Labute approximate surface area is 187 Å². The van der Waals surface area contributed by atoms with Gasteiger partial charge in [-0.1, -0.05) is 23.7 Å². The van der Waals surface area contributed by atoms with Crippen molar-refractivity contribution in [1.82, 2.24) is 9.62 Å². The molecule has 0 saturated carbocycles. The molecule has 1 saturated heterocycles. The van der Waals surface area contributed by atoms with Crippen LogP contribution in [0.4, 0.5) is 5.69 Å². The summed E-state index contributed by atoms with van der Waals surface area (Å²) < 4.78 is 34.4. The minimum absolute atomic E-state index is 0.0428. The van der Waals surface area contributed by atoms with Gasteiger partial charge in [0.15, 0.2) is 0 Å². The molecule has 3 rings (SSSR count). The van der Waals surface area contributed by atoms with Crippen LogP contribution in [0.1, 0.15) is 24.4 Å². The third-order valence-electron chi connectivity index (χ3n) is 5.30. The number of halogens is 1. The highest BCUT2D eigenvalue weighted by atomic mass is 35.5. The minimum Gasteiger partial charge on any atom is -0.496 e. The Morgan fingerprint density at radius 3 is 2.55 bits per heavy atom. The number of piperidine rings is 1. The van der Waals surface area contributed by atoms with Crippen LogP contribution in [0.5, 0.6) is 5.75 Å². The average molecular weight is 467 g/mol. The van der Waals surface area contributed by atoms with Crippen LogP contribution in [-0.2, 0) is 14.8 Å². The number of benzene rings is 2. The number of sulfonamides is 1. The number of carbonyl (C=O) groups excluding carboxylic acids is 1. The zero-order valence-electron chi connectivity index (χ0n) is 17.5. The molecule has 4 N–H and O–H groups in total. The molecular formula is C21H27ClN4O4S. The highest BCUT2D eigenvalue weighted by Crippen LogP contribution is 2.32. The molecule has 0 bridgehead atoms. The smallest absolute Gasteiger partial charge is 0.244 e. The number of likely N-dealkylation sites (tertiary alicyclic amines) is 1. The van der Waals surface area contributed by atoms with Gasteiger partial charge in [-0.3, -0.25) is 4.79 Å². The summed E-state index contributed by atoms with van der Waals surface area (Å²) in [6.45, 7) is 1.65. The van der Waals surface area contributed by atoms with E-state index in [9.17, 15) is 13.2 Å². The first-order valence-corrected chi connectivity index (χ1v) is 11.8. The Hall–Kier alpha value is -2.33. The summed E-state index contributed by atoms with van der Waals surface area (Å²) in [6, 6.07) is 10.0. The lowest BCUT2D eigenvalue weighted by Crippen LogP contribution is -2.43. The van der Waals surface area contributed by atoms with Crippen LogP contribution in [-0.4, -0.2) is 52.5 Å². The first-order chi connectivity index (χ1) is 14.7. The number of anilines is 1. The van der Waals surface area contributed by atoms with Crippen molar-refractivity contribution < 1.29 is 17.9 Å². The van der Waals surface area contributed by atoms with Gasteiger partial charge in [0.2, 0.25) is 15.9 Å². The third-order valence-corrected chi connectivity index (χ3v) is 7.12. The maximum atomic E-state index is 13.1. The molecule has 1 aliphatic heterocycles. The van der Waals surface area contributed by atoms with E-state index >= 15 is 0 Å². The molecule has 1 unspecified atom stereocenters. The second kappa shape index (κ2) is 9.86. The number of nitrogens with zero attached hydrogens (tertiary/aromatic N) is 1. The van der Waals surface area contributed by atoms with Crippen molar-refractivity contribution in [2.75, 3.05) is 32.6 Å². The van der Waals surface area contributed by atoms with E-state index < -0.39 is 22.0 Å². The summed E-state index contributed by atoms with van der Waals surface area (Å²) in [4.78, 5) is 14.5. The summed E-state index contributed by atoms with van der Waals surface area (Å²) in [5.41, 5.74) is 6.31. The van der Waals surface area contributed by atoms with Gasteiger partial charge in [0, 0.05) is 16.6 Å². The fourth-order valence-corrected chi connectivity index (χ4v) is 5.27. The van der Waals surface area contributed by atoms with Gasteiger partial charge in [-0.05, 0) is 63.3 Å². The molecule has 8 nitrogen and oxygen atoms in total. The normalized spacial score (nSPS) is 16.6. The van der Waals surface area contributed by atoms with Crippen LogP contribution in [0.2, 0.25) is 5.02 Å². The van der Waals surface area contributed by atoms with Gasteiger partial charge < -0.3 is 20.7 Å². The molecule has 2 aromatic rings. The number of nitrogens with one attached hydrogen (secondary N) is 2. The van der Waals surface area contributed by atoms with Crippen molar-refractivity contribution in [3.8, 4) is 5.75 Å². The molecule has 0 spiro atoms. The summed E-state index contributed by atoms with van der Waals surface area (Å²) >= 11 is 6.10. The SMILES string of the molecule is COc1ccc(Cl)cc1C(Nc1ccccc1S(=O)(=O)NC1CCN(C)CC1)C(N)=O. The fourth-order valence-electron chi connectivity index (χ4n) is 3.62. The topological polar surface area (TPSA) is 114 Å². The summed E-state index contributed by atoms with van der Waals surface area (Å²) in [7, 11) is -0.347. The van der Waals surface area contributed by atoms with Crippen molar-refractivity contribution in [3.63, 3.8) is 0 Å². The Morgan fingerprint density at radius 2 is 1.90 bits per heavy atom. The molecule has 1 amide bonds. The van der Waals surface area contributed by atoms with E-state index in [0.29, 0.717) is 16.3 Å². The zero-order chi connectivity index (χ0) is 22.6. The molecule has 2 aromatic carbocycles. The molecule has 0 aliphatic carbocycles. The maximum Gasteiger partial charge on any atom is 0.244 e. The Balaban J connectivity index is 1.91.